The average Bonchev–Trinajstić information content (AvgIpc) is 2.19. The van der Waals surface area contributed by atoms with Crippen molar-refractivity contribution < 1.29 is 27.5 Å². The third-order valence-corrected chi connectivity index (χ3v) is 1.55. The molecule has 1 rings (SSSR count). The lowest BCUT2D eigenvalue weighted by atomic mass is 10.1. The highest BCUT2D eigenvalue weighted by atomic mass is 19.2. The maximum Gasteiger partial charge on any atom is 0.435 e. The van der Waals surface area contributed by atoms with Crippen LogP contribution in [0.15, 0.2) is 0 Å². The molecule has 0 aliphatic heterocycles. The molecule has 0 bridgehead atoms. The van der Waals surface area contributed by atoms with Crippen molar-refractivity contribution in [1.29, 1.82) is 5.39 Å². The molecule has 0 saturated carbocycles. The predicted octanol–water partition coefficient (Wildman–Crippen LogP) is 1.09. The summed E-state index contributed by atoms with van der Waals surface area (Å²) in [5.74, 6) is -11.2. The number of halogens is 4. The molecule has 0 N–H and O–H groups in total. The molecule has 78 valence electrons. The normalized spacial score (nSPS) is 9.80. The topological polar surface area (TPSA) is 68.3 Å². The number of rotatable bonds is 1. The van der Waals surface area contributed by atoms with Crippen molar-refractivity contribution in [3.63, 3.8) is 0 Å². The Balaban J connectivity index is 3.80. The first-order chi connectivity index (χ1) is 6.91. The van der Waals surface area contributed by atoms with E-state index in [1.165, 1.54) is 0 Å². The molecular weight excluding hydrogens is 220 g/mol. The number of carbonyl (C=O) groups excluding carboxylic acids is 1. The molecule has 8 heteroatoms. The molecule has 0 amide bonds. The van der Waals surface area contributed by atoms with E-state index in [9.17, 15) is 27.5 Å². The van der Waals surface area contributed by atoms with Gasteiger partial charge in [0, 0.05) is 0 Å². The summed E-state index contributed by atoms with van der Waals surface area (Å²) in [4.78, 5) is 12.3. The van der Waals surface area contributed by atoms with E-state index in [0.717, 1.165) is 0 Å². The summed E-state index contributed by atoms with van der Waals surface area (Å²) in [7, 11) is 0. The summed E-state index contributed by atoms with van der Waals surface area (Å²) in [6.45, 7) is 0. The van der Waals surface area contributed by atoms with Gasteiger partial charge >= 0.3 is 5.69 Å². The predicted molar refractivity (Wildman–Crippen MR) is 35.3 cm³/mol. The zero-order valence-corrected chi connectivity index (χ0v) is 6.72. The molecule has 0 heterocycles. The third kappa shape index (κ3) is 1.48. The van der Waals surface area contributed by atoms with E-state index in [2.05, 4.69) is 0 Å². The van der Waals surface area contributed by atoms with Gasteiger partial charge in [-0.15, -0.1) is 0 Å². The van der Waals surface area contributed by atoms with Crippen LogP contribution in [0.4, 0.5) is 23.2 Å². The minimum Gasteiger partial charge on any atom is -0.544 e. The van der Waals surface area contributed by atoms with E-state index < -0.39 is 40.5 Å². The van der Waals surface area contributed by atoms with E-state index in [-0.39, 0.29) is 0 Å². The summed E-state index contributed by atoms with van der Waals surface area (Å²) >= 11 is 0. The van der Waals surface area contributed by atoms with E-state index in [4.69, 9.17) is 5.39 Å². The van der Waals surface area contributed by atoms with Crippen molar-refractivity contribution >= 4 is 11.7 Å². The number of carbonyl (C=O) groups is 1. The van der Waals surface area contributed by atoms with Gasteiger partial charge in [-0.1, -0.05) is 0 Å². The molecule has 0 aliphatic carbocycles. The second-order valence-electron chi connectivity index (χ2n) is 2.37. The lowest BCUT2D eigenvalue weighted by Gasteiger charge is -2.03. The van der Waals surface area contributed by atoms with Crippen molar-refractivity contribution in [1.82, 2.24) is 0 Å². The number of carboxylic acid groups (broad SMARTS) is 1. The lowest BCUT2D eigenvalue weighted by molar-refractivity contribution is -0.255. The van der Waals surface area contributed by atoms with Gasteiger partial charge in [0.25, 0.3) is 5.82 Å². The molecule has 15 heavy (non-hydrogen) atoms. The fourth-order valence-corrected chi connectivity index (χ4v) is 0.900. The fraction of sp³-hybridized carbons (Fsp3) is 0. The van der Waals surface area contributed by atoms with Crippen LogP contribution in [0.2, 0.25) is 0 Å². The maximum atomic E-state index is 12.8. The van der Waals surface area contributed by atoms with Gasteiger partial charge in [0.05, 0.1) is 5.97 Å². The third-order valence-electron chi connectivity index (χ3n) is 1.55. The van der Waals surface area contributed by atoms with Gasteiger partial charge in [0.2, 0.25) is 11.2 Å². The van der Waals surface area contributed by atoms with Crippen molar-refractivity contribution in [2.75, 3.05) is 0 Å². The van der Waals surface area contributed by atoms with E-state index in [0.29, 0.717) is 0 Å². The highest BCUT2D eigenvalue weighted by Crippen LogP contribution is 2.30. The molecule has 0 fully saturated rings. The van der Waals surface area contributed by atoms with E-state index >= 15 is 0 Å². The second kappa shape index (κ2) is 3.53. The van der Waals surface area contributed by atoms with E-state index in [1.807, 2.05) is 4.98 Å². The standard InChI is InChI=1S/C7F4N2O2/c8-2-1(7(14)15)6(13-12)5(11)4(10)3(2)9. The average molecular weight is 220 g/mol. The van der Waals surface area contributed by atoms with Crippen LogP contribution in [-0.2, 0) is 0 Å². The summed E-state index contributed by atoms with van der Waals surface area (Å²) in [6.07, 6.45) is 0. The first-order valence-electron chi connectivity index (χ1n) is 3.34. The van der Waals surface area contributed by atoms with Gasteiger partial charge in [-0.05, 0) is 0 Å². The maximum absolute atomic E-state index is 12.8. The minimum atomic E-state index is -2.34. The van der Waals surface area contributed by atoms with Crippen LogP contribution in [0.5, 0.6) is 0 Å². The molecule has 0 spiro atoms. The zero-order chi connectivity index (χ0) is 11.7. The summed E-state index contributed by atoms with van der Waals surface area (Å²) in [6, 6.07) is 0. The summed E-state index contributed by atoms with van der Waals surface area (Å²) in [5, 5.41) is 18.4. The molecule has 1 aromatic carbocycles. The highest BCUT2D eigenvalue weighted by Gasteiger charge is 2.34. The molecule has 1 aromatic rings. The van der Waals surface area contributed by atoms with Crippen molar-refractivity contribution in [2.45, 2.75) is 0 Å². The number of diazo groups is 1. The lowest BCUT2D eigenvalue weighted by Crippen LogP contribution is -2.25. The van der Waals surface area contributed by atoms with Crippen LogP contribution in [-0.4, -0.2) is 5.97 Å². The molecule has 0 aromatic heterocycles. The number of carboxylic acids is 1. The van der Waals surface area contributed by atoms with E-state index in [1.54, 1.807) is 0 Å². The number of benzene rings is 1. The SMILES string of the molecule is N#[N+]c1c(F)c(F)c(F)c(F)c1C(=O)[O-]. The Bertz CT molecular complexity index is 495. The molecule has 0 radical (unpaired) electrons. The first-order valence-corrected chi connectivity index (χ1v) is 3.34. The molecule has 0 aliphatic rings. The van der Waals surface area contributed by atoms with Crippen molar-refractivity contribution in [3.05, 3.63) is 33.8 Å². The molecule has 0 atom stereocenters. The quantitative estimate of drug-likeness (QED) is 0.308. The molecule has 0 unspecified atom stereocenters. The second-order valence-corrected chi connectivity index (χ2v) is 2.37. The van der Waals surface area contributed by atoms with Crippen LogP contribution in [0.3, 0.4) is 0 Å². The largest absolute Gasteiger partial charge is 0.544 e. The summed E-state index contributed by atoms with van der Waals surface area (Å²) < 4.78 is 50.5. The Labute approximate surface area is 79.4 Å². The Hall–Kier alpha value is -2.17. The van der Waals surface area contributed by atoms with Crippen LogP contribution in [0.1, 0.15) is 10.4 Å². The van der Waals surface area contributed by atoms with Gasteiger partial charge in [-0.3, -0.25) is 0 Å². The Kier molecular flexibility index (Phi) is 2.57. The van der Waals surface area contributed by atoms with Crippen LogP contribution in [0.25, 0.3) is 4.98 Å². The summed E-state index contributed by atoms with van der Waals surface area (Å²) in [5.41, 5.74) is -3.25. The van der Waals surface area contributed by atoms with Crippen molar-refractivity contribution in [3.8, 4) is 0 Å². The van der Waals surface area contributed by atoms with Gasteiger partial charge in [0.15, 0.2) is 16.6 Å². The monoisotopic (exact) mass is 220 g/mol. The first kappa shape index (κ1) is 10.9. The highest BCUT2D eigenvalue weighted by molar-refractivity contribution is 5.93. The smallest absolute Gasteiger partial charge is 0.435 e. The molecule has 4 nitrogen and oxygen atoms in total. The Morgan fingerprint density at radius 2 is 1.53 bits per heavy atom. The number of nitrogens with zero attached hydrogens (tertiary/aromatic N) is 2. The van der Waals surface area contributed by atoms with Crippen LogP contribution in [0, 0.1) is 28.7 Å². The Morgan fingerprint density at radius 3 is 1.93 bits per heavy atom. The van der Waals surface area contributed by atoms with Crippen molar-refractivity contribution in [2.24, 2.45) is 0 Å². The van der Waals surface area contributed by atoms with Gasteiger partial charge in [-0.25, -0.2) is 13.2 Å². The Morgan fingerprint density at radius 1 is 1.07 bits per heavy atom. The fourth-order valence-electron chi connectivity index (χ4n) is 0.900. The minimum absolute atomic E-state index is 1.56. The molecular formula is C7F4N2O2. The van der Waals surface area contributed by atoms with Crippen LogP contribution < -0.4 is 5.11 Å². The zero-order valence-electron chi connectivity index (χ0n) is 6.72. The van der Waals surface area contributed by atoms with Crippen LogP contribution >= 0.6 is 0 Å². The number of hydrogen-bond donors (Lipinski definition) is 0. The van der Waals surface area contributed by atoms with Gasteiger partial charge in [0.1, 0.15) is 5.56 Å². The molecule has 0 saturated heterocycles. The van der Waals surface area contributed by atoms with Gasteiger partial charge < -0.3 is 9.90 Å². The van der Waals surface area contributed by atoms with Gasteiger partial charge in [-0.2, -0.15) is 4.39 Å². The number of hydrogen-bond acceptors (Lipinski definition) is 3. The number of aromatic carboxylic acids is 1.